The maximum Gasteiger partial charge on any atom is 0.264 e. The zero-order valence-corrected chi connectivity index (χ0v) is 19.6. The Bertz CT molecular complexity index is 1240. The first-order chi connectivity index (χ1) is 15.2. The van der Waals surface area contributed by atoms with Crippen LogP contribution in [-0.2, 0) is 10.0 Å². The Morgan fingerprint density at radius 2 is 1.59 bits per heavy atom. The normalized spacial score (nSPS) is 11.0. The van der Waals surface area contributed by atoms with Crippen LogP contribution >= 0.6 is 11.6 Å². The molecule has 0 aromatic heterocycles. The van der Waals surface area contributed by atoms with Crippen molar-refractivity contribution in [1.29, 1.82) is 0 Å². The average molecular weight is 475 g/mol. The van der Waals surface area contributed by atoms with Crippen LogP contribution < -0.4 is 19.1 Å². The van der Waals surface area contributed by atoms with Crippen molar-refractivity contribution in [1.82, 2.24) is 0 Å². The number of amides is 1. The molecule has 0 aliphatic heterocycles. The van der Waals surface area contributed by atoms with Gasteiger partial charge in [-0.3, -0.25) is 9.10 Å². The molecule has 0 atom stereocenters. The quantitative estimate of drug-likeness (QED) is 0.534. The summed E-state index contributed by atoms with van der Waals surface area (Å²) in [7, 11) is 0.500. The fourth-order valence-corrected chi connectivity index (χ4v) is 4.50. The minimum Gasteiger partial charge on any atom is -0.493 e. The third kappa shape index (κ3) is 4.81. The van der Waals surface area contributed by atoms with Crippen molar-refractivity contribution in [2.24, 2.45) is 0 Å². The van der Waals surface area contributed by atoms with E-state index in [2.05, 4.69) is 5.32 Å². The number of nitrogens with one attached hydrogen (secondary N) is 1. The van der Waals surface area contributed by atoms with Gasteiger partial charge in [0.1, 0.15) is 0 Å². The topological polar surface area (TPSA) is 84.9 Å². The number of nitrogens with zero attached hydrogens (tertiary/aromatic N) is 1. The van der Waals surface area contributed by atoms with Crippen LogP contribution in [0.3, 0.4) is 0 Å². The van der Waals surface area contributed by atoms with Gasteiger partial charge >= 0.3 is 0 Å². The monoisotopic (exact) mass is 474 g/mol. The second-order valence-corrected chi connectivity index (χ2v) is 9.36. The van der Waals surface area contributed by atoms with Crippen LogP contribution in [-0.4, -0.2) is 35.6 Å². The number of aryl methyl sites for hydroxylation is 1. The first-order valence-corrected chi connectivity index (χ1v) is 11.4. The summed E-state index contributed by atoms with van der Waals surface area (Å²) < 4.78 is 37.6. The highest BCUT2D eigenvalue weighted by atomic mass is 35.5. The molecule has 7 nitrogen and oxygen atoms in total. The number of rotatable bonds is 7. The van der Waals surface area contributed by atoms with Gasteiger partial charge in [0.2, 0.25) is 0 Å². The van der Waals surface area contributed by atoms with E-state index in [1.54, 1.807) is 42.5 Å². The lowest BCUT2D eigenvalue weighted by Gasteiger charge is -2.20. The SMILES string of the molecule is COc1ccc(S(=O)(=O)N(C)c2ccc(C(=O)Nc3ccc(Cl)cc3C)cc2)cc1OC. The zero-order chi connectivity index (χ0) is 23.5. The number of benzene rings is 3. The van der Waals surface area contributed by atoms with Crippen LogP contribution in [0, 0.1) is 6.92 Å². The molecule has 9 heteroatoms. The van der Waals surface area contributed by atoms with E-state index in [0.29, 0.717) is 33.5 Å². The molecule has 168 valence electrons. The molecule has 0 fully saturated rings. The third-order valence-electron chi connectivity index (χ3n) is 4.94. The highest BCUT2D eigenvalue weighted by Gasteiger charge is 2.23. The van der Waals surface area contributed by atoms with Crippen LogP contribution in [0.4, 0.5) is 11.4 Å². The number of methoxy groups -OCH3 is 2. The summed E-state index contributed by atoms with van der Waals surface area (Å²) in [5.41, 5.74) is 2.28. The number of hydrogen-bond donors (Lipinski definition) is 1. The molecule has 0 spiro atoms. The van der Waals surface area contributed by atoms with Gasteiger partial charge in [0.15, 0.2) is 11.5 Å². The fourth-order valence-electron chi connectivity index (χ4n) is 3.06. The van der Waals surface area contributed by atoms with Gasteiger partial charge in [-0.05, 0) is 67.1 Å². The Morgan fingerprint density at radius 3 is 2.19 bits per heavy atom. The molecule has 0 aliphatic rings. The van der Waals surface area contributed by atoms with E-state index in [-0.39, 0.29) is 10.8 Å². The smallest absolute Gasteiger partial charge is 0.264 e. The minimum atomic E-state index is -3.86. The van der Waals surface area contributed by atoms with Crippen molar-refractivity contribution in [2.75, 3.05) is 30.9 Å². The van der Waals surface area contributed by atoms with Crippen molar-refractivity contribution in [3.8, 4) is 11.5 Å². The van der Waals surface area contributed by atoms with Crippen molar-refractivity contribution in [3.05, 3.63) is 76.8 Å². The molecule has 3 aromatic rings. The molecular formula is C23H23ClN2O5S. The maximum atomic E-state index is 13.1. The summed E-state index contributed by atoms with van der Waals surface area (Å²) in [6.07, 6.45) is 0. The molecule has 3 rings (SSSR count). The Hall–Kier alpha value is -3.23. The van der Waals surface area contributed by atoms with Gasteiger partial charge in [-0.1, -0.05) is 11.6 Å². The molecular weight excluding hydrogens is 452 g/mol. The summed E-state index contributed by atoms with van der Waals surface area (Å²) >= 11 is 5.95. The summed E-state index contributed by atoms with van der Waals surface area (Å²) in [4.78, 5) is 12.6. The van der Waals surface area contributed by atoms with Crippen LogP contribution in [0.5, 0.6) is 11.5 Å². The minimum absolute atomic E-state index is 0.0534. The van der Waals surface area contributed by atoms with Crippen molar-refractivity contribution < 1.29 is 22.7 Å². The number of carbonyl (C=O) groups excluding carboxylic acids is 1. The lowest BCUT2D eigenvalue weighted by atomic mass is 10.1. The molecule has 32 heavy (non-hydrogen) atoms. The van der Waals surface area contributed by atoms with Gasteiger partial charge in [-0.2, -0.15) is 0 Å². The summed E-state index contributed by atoms with van der Waals surface area (Å²) in [6.45, 7) is 1.85. The number of ether oxygens (including phenoxy) is 2. The molecule has 0 saturated carbocycles. The predicted octanol–water partition coefficient (Wildman–Crippen LogP) is 4.74. The van der Waals surface area contributed by atoms with E-state index < -0.39 is 10.0 Å². The molecule has 3 aromatic carbocycles. The van der Waals surface area contributed by atoms with Crippen LogP contribution in [0.25, 0.3) is 0 Å². The van der Waals surface area contributed by atoms with Gasteiger partial charge in [0, 0.05) is 29.4 Å². The van der Waals surface area contributed by atoms with E-state index in [9.17, 15) is 13.2 Å². The van der Waals surface area contributed by atoms with Gasteiger partial charge < -0.3 is 14.8 Å². The number of sulfonamides is 1. The molecule has 1 N–H and O–H groups in total. The van der Waals surface area contributed by atoms with E-state index in [4.69, 9.17) is 21.1 Å². The standard InChI is InChI=1S/C23H23ClN2O5S/c1-15-13-17(24)7-11-20(15)25-23(27)16-5-8-18(9-6-16)26(2)32(28,29)19-10-12-21(30-3)22(14-19)31-4/h5-14H,1-4H3,(H,25,27). The Kier molecular flexibility index (Phi) is 6.96. The van der Waals surface area contributed by atoms with Crippen molar-refractivity contribution >= 4 is 38.9 Å². The maximum absolute atomic E-state index is 13.1. The van der Waals surface area contributed by atoms with Crippen LogP contribution in [0.15, 0.2) is 65.6 Å². The Balaban J connectivity index is 1.81. The molecule has 1 amide bonds. The molecule has 0 saturated heterocycles. The number of anilines is 2. The summed E-state index contributed by atoms with van der Waals surface area (Å²) in [5.74, 6) is 0.430. The summed E-state index contributed by atoms with van der Waals surface area (Å²) in [6, 6.07) is 15.8. The van der Waals surface area contributed by atoms with E-state index in [1.807, 2.05) is 6.92 Å². The number of carbonyl (C=O) groups is 1. The highest BCUT2D eigenvalue weighted by Crippen LogP contribution is 2.31. The average Bonchev–Trinajstić information content (AvgIpc) is 2.79. The van der Waals surface area contributed by atoms with E-state index in [1.165, 1.54) is 39.5 Å². The van der Waals surface area contributed by atoms with E-state index in [0.717, 1.165) is 9.87 Å². The van der Waals surface area contributed by atoms with Gasteiger partial charge in [0.05, 0.1) is 24.8 Å². The van der Waals surface area contributed by atoms with Crippen LogP contribution in [0.1, 0.15) is 15.9 Å². The summed E-state index contributed by atoms with van der Waals surface area (Å²) in [5, 5.41) is 3.41. The second kappa shape index (κ2) is 9.50. The zero-order valence-electron chi connectivity index (χ0n) is 18.0. The lowest BCUT2D eigenvalue weighted by molar-refractivity contribution is 0.102. The fraction of sp³-hybridized carbons (Fsp3) is 0.174. The Morgan fingerprint density at radius 1 is 0.938 bits per heavy atom. The molecule has 0 bridgehead atoms. The van der Waals surface area contributed by atoms with Crippen LogP contribution in [0.2, 0.25) is 5.02 Å². The number of hydrogen-bond acceptors (Lipinski definition) is 5. The highest BCUT2D eigenvalue weighted by molar-refractivity contribution is 7.92. The molecule has 0 unspecified atom stereocenters. The van der Waals surface area contributed by atoms with Gasteiger partial charge in [-0.15, -0.1) is 0 Å². The molecule has 0 aliphatic carbocycles. The van der Waals surface area contributed by atoms with Gasteiger partial charge in [-0.25, -0.2) is 8.42 Å². The number of halogens is 1. The molecule has 0 radical (unpaired) electrons. The Labute approximate surface area is 192 Å². The molecule has 0 heterocycles. The van der Waals surface area contributed by atoms with Crippen molar-refractivity contribution in [2.45, 2.75) is 11.8 Å². The van der Waals surface area contributed by atoms with Crippen molar-refractivity contribution in [3.63, 3.8) is 0 Å². The third-order valence-corrected chi connectivity index (χ3v) is 6.96. The van der Waals surface area contributed by atoms with Gasteiger partial charge in [0.25, 0.3) is 15.9 Å². The second-order valence-electron chi connectivity index (χ2n) is 6.95. The largest absolute Gasteiger partial charge is 0.493 e. The lowest BCUT2D eigenvalue weighted by Crippen LogP contribution is -2.26. The predicted molar refractivity (Wildman–Crippen MR) is 126 cm³/mol. The first-order valence-electron chi connectivity index (χ1n) is 9.56. The van der Waals surface area contributed by atoms with E-state index >= 15 is 0 Å². The first kappa shape index (κ1) is 23.4.